The van der Waals surface area contributed by atoms with Crippen LogP contribution >= 0.6 is 0 Å². The zero-order chi connectivity index (χ0) is 30.7. The van der Waals surface area contributed by atoms with Crippen LogP contribution in [0.5, 0.6) is 0 Å². The van der Waals surface area contributed by atoms with Gasteiger partial charge in [0.2, 0.25) is 15.9 Å². The SMILES string of the molecule is CN(C(=O)[C@H](Cc1ccccc1)N(C)S(=O)(=O)c1ccc(F)cc1)C(CCCc1cccnc1)CCCc1cccnc1. The number of pyridine rings is 2. The van der Waals surface area contributed by atoms with E-state index < -0.39 is 21.9 Å². The predicted molar refractivity (Wildman–Crippen MR) is 166 cm³/mol. The molecule has 0 aliphatic carbocycles. The van der Waals surface area contributed by atoms with E-state index in [2.05, 4.69) is 9.97 Å². The van der Waals surface area contributed by atoms with Gasteiger partial charge in [0.1, 0.15) is 11.9 Å². The van der Waals surface area contributed by atoms with Crippen LogP contribution in [-0.4, -0.2) is 59.7 Å². The fourth-order valence-electron chi connectivity index (χ4n) is 5.27. The number of hydrogen-bond acceptors (Lipinski definition) is 5. The van der Waals surface area contributed by atoms with Crippen LogP contribution in [0.15, 0.2) is 109 Å². The van der Waals surface area contributed by atoms with Crippen LogP contribution < -0.4 is 0 Å². The second-order valence-corrected chi connectivity index (χ2v) is 12.8. The number of sulfonamides is 1. The molecule has 0 saturated heterocycles. The van der Waals surface area contributed by atoms with Crippen LogP contribution in [0.3, 0.4) is 0 Å². The Morgan fingerprint density at radius 2 is 1.30 bits per heavy atom. The molecule has 43 heavy (non-hydrogen) atoms. The summed E-state index contributed by atoms with van der Waals surface area (Å²) in [6, 6.07) is 20.9. The van der Waals surface area contributed by atoms with E-state index in [-0.39, 0.29) is 23.3 Å². The summed E-state index contributed by atoms with van der Waals surface area (Å²) in [4.78, 5) is 24.4. The second kappa shape index (κ2) is 15.5. The van der Waals surface area contributed by atoms with Crippen molar-refractivity contribution in [3.8, 4) is 0 Å². The van der Waals surface area contributed by atoms with Crippen LogP contribution in [0.2, 0.25) is 0 Å². The average Bonchev–Trinajstić information content (AvgIpc) is 3.03. The number of likely N-dealkylation sites (N-methyl/N-ethyl adjacent to an activating group) is 2. The van der Waals surface area contributed by atoms with Gasteiger partial charge in [-0.25, -0.2) is 12.8 Å². The van der Waals surface area contributed by atoms with Crippen molar-refractivity contribution in [1.82, 2.24) is 19.2 Å². The van der Waals surface area contributed by atoms with Crippen molar-refractivity contribution in [2.45, 2.75) is 61.9 Å². The lowest BCUT2D eigenvalue weighted by molar-refractivity contribution is -0.136. The first-order valence-corrected chi connectivity index (χ1v) is 16.0. The molecule has 4 rings (SSSR count). The largest absolute Gasteiger partial charge is 0.341 e. The van der Waals surface area contributed by atoms with Crippen molar-refractivity contribution in [3.63, 3.8) is 0 Å². The fourth-order valence-corrected chi connectivity index (χ4v) is 6.58. The Morgan fingerprint density at radius 1 is 0.767 bits per heavy atom. The summed E-state index contributed by atoms with van der Waals surface area (Å²) in [7, 11) is -0.876. The van der Waals surface area contributed by atoms with Gasteiger partial charge in [-0.3, -0.25) is 14.8 Å². The smallest absolute Gasteiger partial charge is 0.243 e. The molecule has 2 aromatic carbocycles. The van der Waals surface area contributed by atoms with E-state index in [0.29, 0.717) is 0 Å². The lowest BCUT2D eigenvalue weighted by atomic mass is 9.97. The third-order valence-corrected chi connectivity index (χ3v) is 9.71. The van der Waals surface area contributed by atoms with E-state index >= 15 is 0 Å². The van der Waals surface area contributed by atoms with Gasteiger partial charge in [0.05, 0.1) is 4.90 Å². The van der Waals surface area contributed by atoms with Crippen LogP contribution in [0.25, 0.3) is 0 Å². The number of carbonyl (C=O) groups is 1. The predicted octanol–water partition coefficient (Wildman–Crippen LogP) is 5.72. The number of hydrogen-bond donors (Lipinski definition) is 0. The number of amides is 1. The summed E-state index contributed by atoms with van der Waals surface area (Å²) in [5, 5.41) is 0. The first kappa shape index (κ1) is 32.0. The number of carbonyl (C=O) groups excluding carboxylic acids is 1. The van der Waals surface area contributed by atoms with Crippen molar-refractivity contribution in [1.29, 1.82) is 0 Å². The Bertz CT molecular complexity index is 1480. The average molecular weight is 603 g/mol. The molecule has 1 atom stereocenters. The molecule has 0 aliphatic heterocycles. The van der Waals surface area contributed by atoms with Gasteiger partial charge in [0, 0.05) is 44.9 Å². The molecule has 0 saturated carbocycles. The van der Waals surface area contributed by atoms with E-state index in [1.165, 1.54) is 19.2 Å². The topological polar surface area (TPSA) is 83.5 Å². The molecule has 0 bridgehead atoms. The summed E-state index contributed by atoms with van der Waals surface area (Å²) < 4.78 is 42.0. The molecule has 0 radical (unpaired) electrons. The van der Waals surface area contributed by atoms with Gasteiger partial charge < -0.3 is 4.90 Å². The highest BCUT2D eigenvalue weighted by Gasteiger charge is 2.36. The number of benzene rings is 2. The minimum Gasteiger partial charge on any atom is -0.341 e. The van der Waals surface area contributed by atoms with Crippen molar-refractivity contribution in [2.75, 3.05) is 14.1 Å². The Kier molecular flexibility index (Phi) is 11.5. The van der Waals surface area contributed by atoms with Crippen molar-refractivity contribution in [3.05, 3.63) is 126 Å². The summed E-state index contributed by atoms with van der Waals surface area (Å²) >= 11 is 0. The van der Waals surface area contributed by atoms with Crippen LogP contribution in [-0.2, 0) is 34.1 Å². The Hall–Kier alpha value is -3.95. The van der Waals surface area contributed by atoms with Crippen LogP contribution in [0.4, 0.5) is 4.39 Å². The van der Waals surface area contributed by atoms with Gasteiger partial charge in [0.25, 0.3) is 0 Å². The molecule has 2 heterocycles. The molecule has 7 nitrogen and oxygen atoms in total. The van der Waals surface area contributed by atoms with Gasteiger partial charge in [-0.15, -0.1) is 0 Å². The zero-order valence-electron chi connectivity index (χ0n) is 24.7. The highest BCUT2D eigenvalue weighted by atomic mass is 32.2. The van der Waals surface area contributed by atoms with E-state index in [9.17, 15) is 17.6 Å². The zero-order valence-corrected chi connectivity index (χ0v) is 25.5. The molecule has 4 aromatic rings. The monoisotopic (exact) mass is 602 g/mol. The van der Waals surface area contributed by atoms with Gasteiger partial charge in [-0.2, -0.15) is 4.31 Å². The number of halogens is 1. The Labute approximate surface area is 254 Å². The van der Waals surface area contributed by atoms with Crippen LogP contribution in [0.1, 0.15) is 42.4 Å². The molecule has 0 fully saturated rings. The number of nitrogens with zero attached hydrogens (tertiary/aromatic N) is 4. The molecule has 1 amide bonds. The molecule has 2 aromatic heterocycles. The minimum atomic E-state index is -4.08. The molecule has 0 N–H and O–H groups in total. The maximum Gasteiger partial charge on any atom is 0.243 e. The van der Waals surface area contributed by atoms with E-state index in [1.807, 2.05) is 67.0 Å². The first-order chi connectivity index (χ1) is 20.8. The van der Waals surface area contributed by atoms with E-state index in [0.717, 1.165) is 71.7 Å². The number of aromatic nitrogens is 2. The molecule has 0 aliphatic rings. The molecule has 9 heteroatoms. The number of aryl methyl sites for hydroxylation is 2. The summed E-state index contributed by atoms with van der Waals surface area (Å²) in [6.07, 6.45) is 12.3. The molecule has 226 valence electrons. The Balaban J connectivity index is 1.56. The lowest BCUT2D eigenvalue weighted by Crippen LogP contribution is -2.52. The normalized spacial score (nSPS) is 12.4. The number of rotatable bonds is 15. The third kappa shape index (κ3) is 9.02. The summed E-state index contributed by atoms with van der Waals surface area (Å²) in [5.41, 5.74) is 3.12. The molecule has 0 spiro atoms. The van der Waals surface area contributed by atoms with Crippen molar-refractivity contribution in [2.24, 2.45) is 0 Å². The van der Waals surface area contributed by atoms with Gasteiger partial charge in [-0.1, -0.05) is 42.5 Å². The maximum atomic E-state index is 14.3. The molecular weight excluding hydrogens is 563 g/mol. The van der Waals surface area contributed by atoms with E-state index in [4.69, 9.17) is 0 Å². The molecular formula is C34H39FN4O3S. The second-order valence-electron chi connectivity index (χ2n) is 10.8. The summed E-state index contributed by atoms with van der Waals surface area (Å²) in [6.45, 7) is 0. The highest BCUT2D eigenvalue weighted by molar-refractivity contribution is 7.89. The standard InChI is InChI=1S/C34H39FN4O3S/c1-38(31(16-6-12-28-14-8-22-36-25-28)17-7-13-29-15-9-23-37-26-29)34(40)33(24-27-10-4-3-5-11-27)39(2)43(41,42)32-20-18-30(35)19-21-32/h3-5,8-11,14-15,18-23,25-26,31,33H,6-7,12-13,16-17,24H2,1-2H3/t33-/m0/s1. The van der Waals surface area contributed by atoms with Gasteiger partial charge in [0.15, 0.2) is 0 Å². The van der Waals surface area contributed by atoms with Crippen LogP contribution in [0, 0.1) is 5.82 Å². The molecule has 0 unspecified atom stereocenters. The lowest BCUT2D eigenvalue weighted by Gasteiger charge is -2.35. The fraction of sp³-hybridized carbons (Fsp3) is 0.324. The first-order valence-electron chi connectivity index (χ1n) is 14.6. The third-order valence-electron chi connectivity index (χ3n) is 7.83. The van der Waals surface area contributed by atoms with Crippen molar-refractivity contribution < 1.29 is 17.6 Å². The van der Waals surface area contributed by atoms with Gasteiger partial charge in [-0.05, 0) is 98.0 Å². The quantitative estimate of drug-likeness (QED) is 0.174. The minimum absolute atomic E-state index is 0.0607. The van der Waals surface area contributed by atoms with Gasteiger partial charge >= 0.3 is 0 Å². The maximum absolute atomic E-state index is 14.3. The highest BCUT2D eigenvalue weighted by Crippen LogP contribution is 2.23. The summed E-state index contributed by atoms with van der Waals surface area (Å²) in [5.74, 6) is -0.802. The van der Waals surface area contributed by atoms with E-state index in [1.54, 1.807) is 24.3 Å². The van der Waals surface area contributed by atoms with Crippen molar-refractivity contribution >= 4 is 15.9 Å². The Morgan fingerprint density at radius 3 is 1.81 bits per heavy atom.